The van der Waals surface area contributed by atoms with E-state index in [1.165, 1.54) is 20.0 Å². The maximum Gasteiger partial charge on any atom is 0.322 e. The van der Waals surface area contributed by atoms with E-state index in [0.29, 0.717) is 16.5 Å². The van der Waals surface area contributed by atoms with Crippen LogP contribution >= 0.6 is 0 Å². The Morgan fingerprint density at radius 3 is 0.774 bits per heavy atom. The summed E-state index contributed by atoms with van der Waals surface area (Å²) in [5.74, 6) is -29.6. The molecule has 146 heavy (non-hydrogen) atoms. The second-order valence-electron chi connectivity index (χ2n) is 38.6. The Morgan fingerprint density at radius 2 is 0.473 bits per heavy atom. The number of aromatic amines is 1. The van der Waals surface area contributed by atoms with Gasteiger partial charge in [-0.05, 0) is 144 Å². The molecule has 2 rings (SSSR count). The molecule has 52 nitrogen and oxygen atoms in total. The van der Waals surface area contributed by atoms with Crippen LogP contribution in [0.25, 0.3) is 10.9 Å². The first-order valence-corrected chi connectivity index (χ1v) is 48.4. The number of fused-ring (bicyclic) bond motifs is 1. The molecule has 0 fully saturated rings. The summed E-state index contributed by atoms with van der Waals surface area (Å²) in [6, 6.07) is -16.3. The Hall–Kier alpha value is -14.5. The maximum atomic E-state index is 14.5. The summed E-state index contributed by atoms with van der Waals surface area (Å²) >= 11 is 0. The molecule has 0 saturated carbocycles. The van der Waals surface area contributed by atoms with Crippen molar-refractivity contribution in [3.8, 4) is 0 Å². The topological polar surface area (TPSA) is 819 Å². The van der Waals surface area contributed by atoms with Gasteiger partial charge in [0.05, 0.1) is 26.2 Å². The van der Waals surface area contributed by atoms with E-state index in [9.17, 15) is 145 Å². The van der Waals surface area contributed by atoms with Gasteiger partial charge in [0.15, 0.2) is 0 Å². The monoisotopic (exact) mass is 2070 g/mol. The fourth-order valence-corrected chi connectivity index (χ4v) is 14.7. The van der Waals surface area contributed by atoms with Crippen LogP contribution in [-0.2, 0) is 126 Å². The second kappa shape index (κ2) is 65.0. The quantitative estimate of drug-likeness (QED) is 0.0302. The largest absolute Gasteiger partial charge is 0.481 e. The number of carbonyl (C=O) groups is 25. The van der Waals surface area contributed by atoms with Gasteiger partial charge in [-0.3, -0.25) is 120 Å². The molecule has 19 amide bonds. The van der Waals surface area contributed by atoms with Crippen molar-refractivity contribution in [2.75, 3.05) is 32.7 Å². The average Bonchev–Trinajstić information content (AvgIpc) is 1.72. The zero-order valence-electron chi connectivity index (χ0n) is 85.3. The Balaban J connectivity index is 2.38. The number of carbonyl (C=O) groups excluding carboxylic acids is 19. The number of aliphatic carboxylic acids is 6. The predicted octanol–water partition coefficient (Wildman–Crippen LogP) is -3.82. The molecule has 1 aromatic heterocycles. The normalized spacial score (nSPS) is 14.3. The first-order chi connectivity index (χ1) is 68.2. The van der Waals surface area contributed by atoms with Crippen LogP contribution in [0.3, 0.4) is 0 Å². The van der Waals surface area contributed by atoms with E-state index < -0.39 is 347 Å². The molecule has 1 heterocycles. The number of para-hydroxylation sites is 1. The summed E-state index contributed by atoms with van der Waals surface area (Å²) in [6.07, 6.45) is -5.60. The highest BCUT2D eigenvalue weighted by Gasteiger charge is 2.40. The molecule has 816 valence electrons. The number of rotatable bonds is 70. The molecule has 28 N–H and O–H groups in total. The number of hydrogen-bond acceptors (Lipinski definition) is 26. The summed E-state index contributed by atoms with van der Waals surface area (Å²) in [7, 11) is 0. The molecular weight excluding hydrogens is 1920 g/mol. The lowest BCUT2D eigenvalue weighted by atomic mass is 9.99. The van der Waals surface area contributed by atoms with Gasteiger partial charge >= 0.3 is 35.8 Å². The highest BCUT2D eigenvalue weighted by molar-refractivity contribution is 6.02. The third kappa shape index (κ3) is 51.1. The number of nitrogens with one attached hydrogen (secondary N) is 20. The van der Waals surface area contributed by atoms with Crippen LogP contribution in [-0.4, -0.2) is 307 Å². The van der Waals surface area contributed by atoms with Crippen molar-refractivity contribution in [3.05, 3.63) is 36.0 Å². The first kappa shape index (κ1) is 128. The lowest BCUT2D eigenvalue weighted by molar-refractivity contribution is -0.140. The van der Waals surface area contributed by atoms with E-state index in [1.54, 1.807) is 121 Å². The van der Waals surface area contributed by atoms with Gasteiger partial charge in [0.25, 0.3) is 0 Å². The van der Waals surface area contributed by atoms with Crippen LogP contribution in [0, 0.1) is 41.4 Å². The fourth-order valence-electron chi connectivity index (χ4n) is 14.7. The van der Waals surface area contributed by atoms with Gasteiger partial charge in [0.1, 0.15) is 97.2 Å². The van der Waals surface area contributed by atoms with Crippen molar-refractivity contribution in [2.45, 2.75) is 317 Å². The molecule has 0 aliphatic carbocycles. The molecule has 0 unspecified atom stereocenters. The minimum absolute atomic E-state index is 0.0189. The van der Waals surface area contributed by atoms with Crippen molar-refractivity contribution >= 4 is 159 Å². The molecular formula is C94H149N21O31. The first-order valence-electron chi connectivity index (χ1n) is 48.4. The smallest absolute Gasteiger partial charge is 0.322 e. The Morgan fingerprint density at radius 1 is 0.247 bits per heavy atom. The molecule has 0 spiro atoms. The minimum Gasteiger partial charge on any atom is -0.481 e. The second-order valence-corrected chi connectivity index (χ2v) is 38.6. The number of carboxylic acids is 6. The van der Waals surface area contributed by atoms with E-state index in [1.807, 2.05) is 0 Å². The van der Waals surface area contributed by atoms with Crippen LogP contribution in [0.15, 0.2) is 30.5 Å². The van der Waals surface area contributed by atoms with E-state index in [-0.39, 0.29) is 81.0 Å². The number of hydrogen-bond donors (Lipinski definition) is 27. The lowest BCUT2D eigenvalue weighted by Crippen LogP contribution is -2.60. The van der Waals surface area contributed by atoms with E-state index in [2.05, 4.69) is 106 Å². The average molecular weight is 2070 g/mol. The van der Waals surface area contributed by atoms with Gasteiger partial charge in [0, 0.05) is 55.6 Å². The zero-order chi connectivity index (χ0) is 111. The third-order valence-corrected chi connectivity index (χ3v) is 22.0. The number of benzene rings is 1. The number of aromatic nitrogens is 1. The molecule has 0 radical (unpaired) electrons. The molecule has 0 aliphatic rings. The van der Waals surface area contributed by atoms with Crippen LogP contribution < -0.4 is 107 Å². The van der Waals surface area contributed by atoms with E-state index >= 15 is 0 Å². The van der Waals surface area contributed by atoms with Crippen molar-refractivity contribution in [3.63, 3.8) is 0 Å². The van der Waals surface area contributed by atoms with Crippen molar-refractivity contribution in [1.29, 1.82) is 0 Å². The maximum absolute atomic E-state index is 14.5. The molecule has 1 aromatic carbocycles. The van der Waals surface area contributed by atoms with Gasteiger partial charge < -0.3 is 142 Å². The van der Waals surface area contributed by atoms with Crippen LogP contribution in [0.1, 0.15) is 225 Å². The molecule has 52 heteroatoms. The van der Waals surface area contributed by atoms with Gasteiger partial charge in [-0.2, -0.15) is 0 Å². The predicted molar refractivity (Wildman–Crippen MR) is 522 cm³/mol. The molecule has 2 aromatic rings. The molecule has 0 saturated heterocycles. The SMILES string of the molecule is CC(C)C[C@H](NC(=O)CNC(=O)[C@H](CCC(=O)O)NC(=O)[C@H](Cc1c[nH]c2ccccc12)NC(=O)CNC(=O)CNC(=O)[C@H](CCC(=O)O)NC(=O)[C@H](CC(C)C)NC(=O)[C@H](CC(C)C)NC(=O)[C@H](CCC(=O)O)NC(=O)[C@H](C)NC(=O)[C@H](CC(C)C)NC(=O)[C@H](C)NC(=O)[C@H](CCC(=O)O)NC(=O)[C@H](CC(C)C)NC(=O)[C@H](CC(C)C)NC(=O)CN)C(=O)N[C@@H](CC(C)C)C(=O)N[C@@H](CCC(=O)O)C(=O)NCC(=O)O. The summed E-state index contributed by atoms with van der Waals surface area (Å²) in [6.45, 7) is 22.1. The van der Waals surface area contributed by atoms with Gasteiger partial charge in [-0.1, -0.05) is 115 Å². The Kier molecular flexibility index (Phi) is 56.8. The van der Waals surface area contributed by atoms with Crippen molar-refractivity contribution < 1.29 is 151 Å². The van der Waals surface area contributed by atoms with Gasteiger partial charge in [0.2, 0.25) is 112 Å². The highest BCUT2D eigenvalue weighted by Crippen LogP contribution is 2.22. The molecule has 0 aliphatic heterocycles. The Labute approximate surface area is 844 Å². The number of nitrogens with two attached hydrogens (primary N) is 1. The Bertz CT molecular complexity index is 4860. The number of carboxylic acid groups (broad SMARTS) is 6. The summed E-state index contributed by atoms with van der Waals surface area (Å²) in [5.41, 5.74) is 6.48. The molecule has 15 atom stereocenters. The lowest BCUT2D eigenvalue weighted by Gasteiger charge is -2.28. The van der Waals surface area contributed by atoms with Gasteiger partial charge in [-0.15, -0.1) is 0 Å². The molecule has 0 bridgehead atoms. The van der Waals surface area contributed by atoms with E-state index in [0.717, 1.165) is 0 Å². The summed E-state index contributed by atoms with van der Waals surface area (Å²) < 4.78 is 0. The summed E-state index contributed by atoms with van der Waals surface area (Å²) in [4.78, 5) is 337. The number of amides is 19. The van der Waals surface area contributed by atoms with Crippen molar-refractivity contribution in [2.24, 2.45) is 47.2 Å². The fraction of sp³-hybridized carbons (Fsp3) is 0.649. The van der Waals surface area contributed by atoms with Crippen LogP contribution in [0.5, 0.6) is 0 Å². The minimum atomic E-state index is -1.77. The van der Waals surface area contributed by atoms with Gasteiger partial charge in [-0.25, -0.2) is 0 Å². The van der Waals surface area contributed by atoms with Crippen molar-refractivity contribution in [1.82, 2.24) is 106 Å². The third-order valence-electron chi connectivity index (χ3n) is 22.0. The van der Waals surface area contributed by atoms with Crippen LogP contribution in [0.2, 0.25) is 0 Å². The zero-order valence-corrected chi connectivity index (χ0v) is 85.3. The van der Waals surface area contributed by atoms with E-state index in [4.69, 9.17) is 10.8 Å². The summed E-state index contributed by atoms with van der Waals surface area (Å²) in [5, 5.41) is 104. The van der Waals surface area contributed by atoms with Crippen LogP contribution in [0.4, 0.5) is 0 Å². The highest BCUT2D eigenvalue weighted by atomic mass is 16.4. The number of H-pyrrole nitrogens is 1. The standard InChI is InChI=1S/C94H149N21O31/c1-45(2)31-62(103-70(116)39-95)88(140)113-67(36-50(11)12)92(144)110-60(24-29-77(126)127)85(137)101-53(16)81(133)111-64(33-47(5)6)87(139)102-52(15)80(132)106-61(25-30-78(128)129)86(138)112-68(37-51(13)14)93(145)115-66(35-49(9)10)91(143)107-57(21-26-74(120)121)82(134)98-41-71(117)97-42-72(118)105-69(38-54-40-96-56-20-18-17-19-55(54)56)94(146)109-58(22-27-75(122)123)83(135)99-43-73(119)104-63(32-46(3)4)89(141)114-65(34-48(7)8)90(142)108-59(23-28-76(124)125)84(136)100-44-79(130)131/h17-20,40,45-53,57-69,96H,21-39,41-44,95H2,1-16H3,(H,97,117)(H,98,134)(H,99,135)(H,100,136)(H,101,137)(H,102,139)(H,103,116)(H,104,119)(H,105,118)(H,106,132)(H,107,143)(H,108,142)(H,109,146)(H,110,144)(H,111,133)(H,112,138)(H,113,140)(H,114,141)(H,115,145)(H,120,121)(H,122,123)(H,124,125)(H,126,127)(H,128,129)(H,130,131)/t52-,53-,57-,58-,59-,60-,61-,62-,63-,64-,65-,66-,67-,68-,69-/m0/s1.